The van der Waals surface area contributed by atoms with Crippen molar-refractivity contribution in [3.8, 4) is 0 Å². The van der Waals surface area contributed by atoms with E-state index < -0.39 is 0 Å². The highest BCUT2D eigenvalue weighted by atomic mass is 79.9. The second-order valence-electron chi connectivity index (χ2n) is 3.07. The minimum atomic E-state index is -0.218. The highest BCUT2D eigenvalue weighted by Crippen LogP contribution is 2.31. The van der Waals surface area contributed by atoms with Gasteiger partial charge in [-0.2, -0.15) is 0 Å². The van der Waals surface area contributed by atoms with Crippen molar-refractivity contribution in [2.75, 3.05) is 0 Å². The summed E-state index contributed by atoms with van der Waals surface area (Å²) in [5.41, 5.74) is 0.881. The molecule has 0 bridgehead atoms. The van der Waals surface area contributed by atoms with Gasteiger partial charge in [0.1, 0.15) is 5.82 Å². The molecule has 1 aromatic carbocycles. The summed E-state index contributed by atoms with van der Waals surface area (Å²) in [6.07, 6.45) is 2.04. The molecule has 0 aliphatic rings. The van der Waals surface area contributed by atoms with Crippen LogP contribution in [0.1, 0.15) is 18.4 Å². The van der Waals surface area contributed by atoms with Gasteiger partial charge in [-0.1, -0.05) is 6.92 Å². The lowest BCUT2D eigenvalue weighted by atomic mass is 10.3. The molecule has 0 saturated carbocycles. The molecule has 14 heavy (non-hydrogen) atoms. The van der Waals surface area contributed by atoms with E-state index in [0.29, 0.717) is 4.47 Å². The van der Waals surface area contributed by atoms with Gasteiger partial charge in [0, 0.05) is 0 Å². The zero-order valence-corrected chi connectivity index (χ0v) is 10.1. The number of nitrogens with zero attached hydrogens (tertiary/aromatic N) is 1. The maximum atomic E-state index is 13.2. The summed E-state index contributed by atoms with van der Waals surface area (Å²) in [4.78, 5) is 4.43. The van der Waals surface area contributed by atoms with Crippen molar-refractivity contribution >= 4 is 37.5 Å². The summed E-state index contributed by atoms with van der Waals surface area (Å²) in [5.74, 6) is -0.218. The Bertz CT molecular complexity index is 466. The molecule has 0 aliphatic heterocycles. The van der Waals surface area contributed by atoms with Crippen LogP contribution in [0.15, 0.2) is 16.6 Å². The Morgan fingerprint density at radius 2 is 2.29 bits per heavy atom. The van der Waals surface area contributed by atoms with E-state index in [1.807, 2.05) is 0 Å². The van der Waals surface area contributed by atoms with Crippen molar-refractivity contribution in [1.29, 1.82) is 0 Å². The highest BCUT2D eigenvalue weighted by molar-refractivity contribution is 9.10. The minimum absolute atomic E-state index is 0.218. The topological polar surface area (TPSA) is 12.9 Å². The van der Waals surface area contributed by atoms with Crippen LogP contribution in [0.5, 0.6) is 0 Å². The van der Waals surface area contributed by atoms with Crippen LogP contribution in [0.4, 0.5) is 4.39 Å². The predicted octanol–water partition coefficient (Wildman–Crippen LogP) is 4.15. The molecule has 74 valence electrons. The summed E-state index contributed by atoms with van der Waals surface area (Å²) in [7, 11) is 0. The van der Waals surface area contributed by atoms with Crippen LogP contribution in [0, 0.1) is 5.82 Å². The van der Waals surface area contributed by atoms with Crippen LogP contribution in [0.2, 0.25) is 0 Å². The van der Waals surface area contributed by atoms with E-state index in [9.17, 15) is 4.39 Å². The summed E-state index contributed by atoms with van der Waals surface area (Å²) in [5, 5.41) is 1.08. The Kier molecular flexibility index (Phi) is 2.83. The molecule has 2 rings (SSSR count). The quantitative estimate of drug-likeness (QED) is 0.801. The molecule has 0 saturated heterocycles. The number of fused-ring (bicyclic) bond motifs is 1. The van der Waals surface area contributed by atoms with Crippen LogP contribution >= 0.6 is 27.3 Å². The number of benzene rings is 1. The third-order valence-electron chi connectivity index (χ3n) is 1.96. The Hall–Kier alpha value is -0.480. The zero-order chi connectivity index (χ0) is 10.1. The maximum Gasteiger partial charge on any atom is 0.138 e. The molecule has 0 amide bonds. The molecule has 0 N–H and O–H groups in total. The smallest absolute Gasteiger partial charge is 0.138 e. The number of thiazole rings is 1. The number of rotatable bonds is 2. The van der Waals surface area contributed by atoms with Gasteiger partial charge in [0.15, 0.2) is 0 Å². The van der Waals surface area contributed by atoms with E-state index in [4.69, 9.17) is 0 Å². The SMILES string of the molecule is CCCc1nc2ccc(F)c(Br)c2s1. The third kappa shape index (κ3) is 1.68. The van der Waals surface area contributed by atoms with E-state index in [0.717, 1.165) is 28.1 Å². The molecule has 0 aliphatic carbocycles. The molecule has 0 atom stereocenters. The number of hydrogen-bond donors (Lipinski definition) is 0. The van der Waals surface area contributed by atoms with Gasteiger partial charge in [0.25, 0.3) is 0 Å². The fraction of sp³-hybridized carbons (Fsp3) is 0.300. The molecule has 1 heterocycles. The van der Waals surface area contributed by atoms with Crippen LogP contribution < -0.4 is 0 Å². The van der Waals surface area contributed by atoms with Gasteiger partial charge >= 0.3 is 0 Å². The Labute approximate surface area is 94.1 Å². The summed E-state index contributed by atoms with van der Waals surface area (Å²) in [6.45, 7) is 2.11. The average Bonchev–Trinajstić information content (AvgIpc) is 2.56. The zero-order valence-electron chi connectivity index (χ0n) is 7.68. The summed E-state index contributed by atoms with van der Waals surface area (Å²) in [6, 6.07) is 3.17. The molecule has 1 aromatic heterocycles. The maximum absolute atomic E-state index is 13.2. The lowest BCUT2D eigenvalue weighted by Gasteiger charge is -1.92. The van der Waals surface area contributed by atoms with Gasteiger partial charge in [0.2, 0.25) is 0 Å². The van der Waals surface area contributed by atoms with Gasteiger partial charge in [-0.05, 0) is 40.9 Å². The molecular formula is C10H9BrFNS. The van der Waals surface area contributed by atoms with Crippen LogP contribution in [0.25, 0.3) is 10.2 Å². The largest absolute Gasteiger partial charge is 0.241 e. The molecule has 4 heteroatoms. The van der Waals surface area contributed by atoms with Gasteiger partial charge in [-0.25, -0.2) is 9.37 Å². The van der Waals surface area contributed by atoms with Gasteiger partial charge in [-0.15, -0.1) is 11.3 Å². The molecule has 0 spiro atoms. The lowest BCUT2D eigenvalue weighted by molar-refractivity contribution is 0.623. The molecular weight excluding hydrogens is 265 g/mol. The van der Waals surface area contributed by atoms with Gasteiger partial charge < -0.3 is 0 Å². The minimum Gasteiger partial charge on any atom is -0.241 e. The van der Waals surface area contributed by atoms with E-state index >= 15 is 0 Å². The summed E-state index contributed by atoms with van der Waals surface area (Å²) < 4.78 is 14.6. The van der Waals surface area contributed by atoms with Crippen molar-refractivity contribution in [3.63, 3.8) is 0 Å². The predicted molar refractivity (Wildman–Crippen MR) is 61.3 cm³/mol. The van der Waals surface area contributed by atoms with Gasteiger partial charge in [-0.3, -0.25) is 0 Å². The Balaban J connectivity index is 2.59. The van der Waals surface area contributed by atoms with Crippen LogP contribution in [-0.4, -0.2) is 4.98 Å². The second kappa shape index (κ2) is 3.95. The fourth-order valence-electron chi connectivity index (χ4n) is 1.30. The second-order valence-corrected chi connectivity index (χ2v) is 4.94. The third-order valence-corrected chi connectivity index (χ3v) is 4.14. The van der Waals surface area contributed by atoms with E-state index in [1.165, 1.54) is 6.07 Å². The first kappa shape index (κ1) is 10.1. The Morgan fingerprint density at radius 1 is 1.50 bits per heavy atom. The standard InChI is InChI=1S/C10H9BrFNS/c1-2-3-8-13-7-5-4-6(12)9(11)10(7)14-8/h4-5H,2-3H2,1H3. The first-order valence-corrected chi connectivity index (χ1v) is 6.06. The van der Waals surface area contributed by atoms with Crippen molar-refractivity contribution < 1.29 is 4.39 Å². The number of aromatic nitrogens is 1. The Morgan fingerprint density at radius 3 is 3.00 bits per heavy atom. The number of hydrogen-bond acceptors (Lipinski definition) is 2. The molecule has 0 unspecified atom stereocenters. The molecule has 0 fully saturated rings. The first-order chi connectivity index (χ1) is 6.72. The molecule has 0 radical (unpaired) electrons. The van der Waals surface area contributed by atoms with Crippen molar-refractivity contribution in [2.24, 2.45) is 0 Å². The number of aryl methyl sites for hydroxylation is 1. The van der Waals surface area contributed by atoms with E-state index in [1.54, 1.807) is 17.4 Å². The fourth-order valence-corrected chi connectivity index (χ4v) is 2.97. The van der Waals surface area contributed by atoms with Crippen molar-refractivity contribution in [3.05, 3.63) is 27.4 Å². The van der Waals surface area contributed by atoms with E-state index in [2.05, 4.69) is 27.8 Å². The number of halogens is 2. The average molecular weight is 274 g/mol. The van der Waals surface area contributed by atoms with Crippen LogP contribution in [0.3, 0.4) is 0 Å². The van der Waals surface area contributed by atoms with Crippen molar-refractivity contribution in [2.45, 2.75) is 19.8 Å². The molecule has 1 nitrogen and oxygen atoms in total. The van der Waals surface area contributed by atoms with Crippen molar-refractivity contribution in [1.82, 2.24) is 4.98 Å². The molecule has 2 aromatic rings. The summed E-state index contributed by atoms with van der Waals surface area (Å²) >= 11 is 4.81. The van der Waals surface area contributed by atoms with E-state index in [-0.39, 0.29) is 5.82 Å². The first-order valence-electron chi connectivity index (χ1n) is 4.45. The monoisotopic (exact) mass is 273 g/mol. The van der Waals surface area contributed by atoms with Crippen LogP contribution in [-0.2, 0) is 6.42 Å². The lowest BCUT2D eigenvalue weighted by Crippen LogP contribution is -1.79. The highest BCUT2D eigenvalue weighted by Gasteiger charge is 2.09. The normalized spacial score (nSPS) is 11.1. The van der Waals surface area contributed by atoms with Gasteiger partial charge in [0.05, 0.1) is 19.7 Å².